The fourth-order valence-electron chi connectivity index (χ4n) is 8.65. The molecule has 0 saturated carbocycles. The molecular weight excluding hydrogens is 709 g/mol. The third kappa shape index (κ3) is 5.68. The van der Waals surface area contributed by atoms with Gasteiger partial charge in [0.15, 0.2) is 0 Å². The molecule has 11 rings (SSSR count). The normalized spacial score (nSPS) is 11.8. The van der Waals surface area contributed by atoms with Gasteiger partial charge in [0, 0.05) is 50.3 Å². The molecule has 11 aromatic rings. The Morgan fingerprint density at radius 2 is 0.793 bits per heavy atom. The summed E-state index contributed by atoms with van der Waals surface area (Å²) in [5, 5.41) is 8.77. The topological polar surface area (TPSA) is 32.8 Å². The smallest absolute Gasteiger partial charge is 0.147 e. The van der Waals surface area contributed by atoms with Gasteiger partial charge in [-0.2, -0.15) is 0 Å². The highest BCUT2D eigenvalue weighted by molar-refractivity contribution is 6.24. The van der Waals surface area contributed by atoms with Crippen LogP contribution in [-0.2, 0) is 0 Å². The third-order valence-electron chi connectivity index (χ3n) is 11.6. The van der Waals surface area contributed by atoms with E-state index < -0.39 is 0 Å². The van der Waals surface area contributed by atoms with Crippen LogP contribution in [-0.4, -0.2) is 0 Å². The zero-order valence-corrected chi connectivity index (χ0v) is 32.9. The lowest BCUT2D eigenvalue weighted by atomic mass is 10.0. The minimum atomic E-state index is 0.817. The first-order valence-corrected chi connectivity index (χ1v) is 19.9. The van der Waals surface area contributed by atoms with Crippen molar-refractivity contribution < 1.29 is 8.83 Å². The number of hydrogen-bond acceptors (Lipinski definition) is 4. The number of benzene rings is 9. The summed E-state index contributed by atoms with van der Waals surface area (Å²) in [7, 11) is 0. The van der Waals surface area contributed by atoms with Crippen molar-refractivity contribution >= 4 is 99.5 Å². The first-order chi connectivity index (χ1) is 28.3. The molecular formula is C54H40N2O2. The SMILES string of the molecule is Cc1ccc(N(c2cccc(C)c2)c2ccc3cc4c(cc3c2)oc2c4ccc3oc4cc5cc(N(c6ccc(C)cc6)c6cccc(C)c6)ccc5cc4c32)cc1. The van der Waals surface area contributed by atoms with Crippen LogP contribution in [0.4, 0.5) is 34.1 Å². The lowest BCUT2D eigenvalue weighted by Crippen LogP contribution is -2.10. The van der Waals surface area contributed by atoms with Gasteiger partial charge in [-0.05, 0) is 170 Å². The lowest BCUT2D eigenvalue weighted by molar-refractivity contribution is 0.663. The van der Waals surface area contributed by atoms with Gasteiger partial charge in [0.05, 0.1) is 5.39 Å². The molecule has 4 heteroatoms. The fraction of sp³-hybridized carbons (Fsp3) is 0.0741. The highest BCUT2D eigenvalue weighted by atomic mass is 16.3. The van der Waals surface area contributed by atoms with Gasteiger partial charge in [-0.25, -0.2) is 0 Å². The van der Waals surface area contributed by atoms with Crippen molar-refractivity contribution in [3.63, 3.8) is 0 Å². The average Bonchev–Trinajstić information content (AvgIpc) is 3.78. The van der Waals surface area contributed by atoms with E-state index in [2.05, 4.69) is 207 Å². The molecule has 58 heavy (non-hydrogen) atoms. The quantitative estimate of drug-likeness (QED) is 0.170. The van der Waals surface area contributed by atoms with Crippen LogP contribution in [0.3, 0.4) is 0 Å². The van der Waals surface area contributed by atoms with E-state index in [0.717, 1.165) is 99.5 Å². The molecule has 0 spiro atoms. The van der Waals surface area contributed by atoms with Crippen LogP contribution < -0.4 is 9.80 Å². The number of nitrogens with zero attached hydrogens (tertiary/aromatic N) is 2. The van der Waals surface area contributed by atoms with E-state index >= 15 is 0 Å². The van der Waals surface area contributed by atoms with Crippen molar-refractivity contribution in [1.82, 2.24) is 0 Å². The Morgan fingerprint density at radius 1 is 0.310 bits per heavy atom. The standard InChI is InChI=1S/C54H40N2O2/c1-33-11-17-41(18-12-33)55(43-9-5-7-35(3)25-43)45-21-15-37-29-48-47-23-24-50-53(54(47)58-51(48)31-39(37)27-45)49-30-38-16-22-46(28-40(38)32-52(49)57-50)56(42-19-13-34(2)14-20-42)44-10-6-8-36(4)26-44/h5-32H,1-4H3. The first-order valence-electron chi connectivity index (χ1n) is 19.9. The Hall–Kier alpha value is -7.30. The van der Waals surface area contributed by atoms with Gasteiger partial charge < -0.3 is 18.6 Å². The van der Waals surface area contributed by atoms with E-state index in [1.54, 1.807) is 0 Å². The molecule has 278 valence electrons. The van der Waals surface area contributed by atoms with Gasteiger partial charge in [-0.3, -0.25) is 0 Å². The minimum absolute atomic E-state index is 0.817. The van der Waals surface area contributed by atoms with Gasteiger partial charge in [0.1, 0.15) is 22.3 Å². The Bertz CT molecular complexity index is 3390. The van der Waals surface area contributed by atoms with E-state index in [0.29, 0.717) is 0 Å². The minimum Gasteiger partial charge on any atom is -0.456 e. The zero-order chi connectivity index (χ0) is 39.1. The summed E-state index contributed by atoms with van der Waals surface area (Å²) in [5.74, 6) is 0. The monoisotopic (exact) mass is 748 g/mol. The Labute approximate surface area is 336 Å². The predicted molar refractivity (Wildman–Crippen MR) is 244 cm³/mol. The van der Waals surface area contributed by atoms with Gasteiger partial charge in [0.2, 0.25) is 0 Å². The van der Waals surface area contributed by atoms with Gasteiger partial charge >= 0.3 is 0 Å². The second-order valence-electron chi connectivity index (χ2n) is 15.8. The lowest BCUT2D eigenvalue weighted by Gasteiger charge is -2.26. The van der Waals surface area contributed by atoms with Crippen molar-refractivity contribution in [1.29, 1.82) is 0 Å². The van der Waals surface area contributed by atoms with Crippen LogP contribution in [0.1, 0.15) is 22.3 Å². The first kappa shape index (κ1) is 34.0. The number of anilines is 6. The van der Waals surface area contributed by atoms with E-state index in [1.165, 1.54) is 22.3 Å². The molecule has 4 nitrogen and oxygen atoms in total. The molecule has 0 atom stereocenters. The number of furan rings is 2. The third-order valence-corrected chi connectivity index (χ3v) is 11.6. The molecule has 0 aliphatic rings. The van der Waals surface area contributed by atoms with Crippen molar-refractivity contribution in [3.8, 4) is 0 Å². The molecule has 0 aliphatic carbocycles. The second kappa shape index (κ2) is 13.1. The average molecular weight is 749 g/mol. The number of hydrogen-bond donors (Lipinski definition) is 0. The Kier molecular flexibility index (Phi) is 7.70. The van der Waals surface area contributed by atoms with Gasteiger partial charge in [0.25, 0.3) is 0 Å². The predicted octanol–water partition coefficient (Wildman–Crippen LogP) is 16.0. The number of aryl methyl sites for hydroxylation is 4. The summed E-state index contributed by atoms with van der Waals surface area (Å²) in [4.78, 5) is 4.65. The molecule has 0 fully saturated rings. The Morgan fingerprint density at radius 3 is 1.33 bits per heavy atom. The van der Waals surface area contributed by atoms with E-state index in [1.807, 2.05) is 0 Å². The molecule has 0 unspecified atom stereocenters. The van der Waals surface area contributed by atoms with Crippen molar-refractivity contribution in [2.45, 2.75) is 27.7 Å². The van der Waals surface area contributed by atoms with Crippen molar-refractivity contribution in [2.24, 2.45) is 0 Å². The molecule has 0 radical (unpaired) electrons. The molecule has 0 bridgehead atoms. The highest BCUT2D eigenvalue weighted by Crippen LogP contribution is 2.44. The number of fused-ring (bicyclic) bond motifs is 9. The summed E-state index contributed by atoms with van der Waals surface area (Å²) in [6.45, 7) is 8.53. The maximum absolute atomic E-state index is 6.84. The van der Waals surface area contributed by atoms with E-state index in [9.17, 15) is 0 Å². The summed E-state index contributed by atoms with van der Waals surface area (Å²) >= 11 is 0. The molecule has 0 saturated heterocycles. The maximum atomic E-state index is 6.84. The summed E-state index contributed by atoms with van der Waals surface area (Å²) < 4.78 is 13.4. The summed E-state index contributed by atoms with van der Waals surface area (Å²) in [6, 6.07) is 61.3. The molecule has 0 amide bonds. The van der Waals surface area contributed by atoms with Crippen LogP contribution >= 0.6 is 0 Å². The van der Waals surface area contributed by atoms with Crippen molar-refractivity contribution in [2.75, 3.05) is 9.80 Å². The largest absolute Gasteiger partial charge is 0.456 e. The summed E-state index contributed by atoms with van der Waals surface area (Å²) in [6.07, 6.45) is 0. The fourth-order valence-corrected chi connectivity index (χ4v) is 8.65. The van der Waals surface area contributed by atoms with E-state index in [4.69, 9.17) is 8.83 Å². The molecule has 2 heterocycles. The zero-order valence-electron chi connectivity index (χ0n) is 32.9. The maximum Gasteiger partial charge on any atom is 0.147 e. The van der Waals surface area contributed by atoms with Crippen LogP contribution in [0.25, 0.3) is 65.4 Å². The van der Waals surface area contributed by atoms with Crippen LogP contribution in [0.5, 0.6) is 0 Å². The van der Waals surface area contributed by atoms with Crippen LogP contribution in [0.2, 0.25) is 0 Å². The van der Waals surface area contributed by atoms with E-state index in [-0.39, 0.29) is 0 Å². The Balaban J connectivity index is 1.03. The second-order valence-corrected chi connectivity index (χ2v) is 15.8. The van der Waals surface area contributed by atoms with Crippen LogP contribution in [0, 0.1) is 27.7 Å². The highest BCUT2D eigenvalue weighted by Gasteiger charge is 2.20. The molecule has 2 aromatic heterocycles. The summed E-state index contributed by atoms with van der Waals surface area (Å²) in [5.41, 5.74) is 14.9. The van der Waals surface area contributed by atoms with Crippen LogP contribution in [0.15, 0.2) is 179 Å². The molecule has 9 aromatic carbocycles. The molecule has 0 aliphatic heterocycles. The van der Waals surface area contributed by atoms with Gasteiger partial charge in [-0.15, -0.1) is 0 Å². The molecule has 0 N–H and O–H groups in total. The van der Waals surface area contributed by atoms with Crippen molar-refractivity contribution in [3.05, 3.63) is 192 Å². The van der Waals surface area contributed by atoms with Gasteiger partial charge in [-0.1, -0.05) is 71.8 Å². The number of rotatable bonds is 6.